The molecule has 0 radical (unpaired) electrons. The monoisotopic (exact) mass is 594 g/mol. The molecule has 1 aromatic rings. The van der Waals surface area contributed by atoms with Crippen molar-refractivity contribution in [3.63, 3.8) is 0 Å². The molecule has 0 unspecified atom stereocenters. The summed E-state index contributed by atoms with van der Waals surface area (Å²) in [7, 11) is 0. The van der Waals surface area contributed by atoms with E-state index in [9.17, 15) is 29.1 Å². The number of nitrogens with zero attached hydrogens (tertiary/aromatic N) is 3. The minimum absolute atomic E-state index is 0.224. The Kier molecular flexibility index (Phi) is 13.8. The number of aliphatic carboxylic acids is 3. The molecule has 0 aromatic heterocycles. The van der Waals surface area contributed by atoms with Gasteiger partial charge in [0, 0.05) is 25.2 Å². The van der Waals surface area contributed by atoms with Crippen molar-refractivity contribution >= 4 is 46.7 Å². The Balaban J connectivity index is 0.000000642. The van der Waals surface area contributed by atoms with Crippen LogP contribution in [-0.4, -0.2) is 111 Å². The second-order valence-corrected chi connectivity index (χ2v) is 9.75. The highest BCUT2D eigenvalue weighted by atomic mass is 32.2. The van der Waals surface area contributed by atoms with Crippen molar-refractivity contribution in [3.8, 4) is 0 Å². The third-order valence-electron chi connectivity index (χ3n) is 5.68. The van der Waals surface area contributed by atoms with Crippen molar-refractivity contribution in [1.82, 2.24) is 15.2 Å². The average Bonchev–Trinajstić information content (AvgIpc) is 3.41. The number of carboxylic acid groups (broad SMARTS) is 3. The molecule has 2 aliphatic heterocycles. The second kappa shape index (κ2) is 17.0. The third kappa shape index (κ3) is 11.2. The Morgan fingerprint density at radius 1 is 1.10 bits per heavy atom. The van der Waals surface area contributed by atoms with E-state index in [0.717, 1.165) is 22.3 Å². The first-order chi connectivity index (χ1) is 19.5. The lowest BCUT2D eigenvalue weighted by molar-refractivity contribution is -0.149. The van der Waals surface area contributed by atoms with Crippen LogP contribution in [0.5, 0.6) is 0 Å². The maximum atomic E-state index is 13.2. The molecule has 15 heteroatoms. The van der Waals surface area contributed by atoms with E-state index in [1.165, 1.54) is 0 Å². The summed E-state index contributed by atoms with van der Waals surface area (Å²) < 4.78 is 10.5. The van der Waals surface area contributed by atoms with Gasteiger partial charge in [0.1, 0.15) is 6.04 Å². The van der Waals surface area contributed by atoms with Gasteiger partial charge in [-0.25, -0.2) is 19.4 Å². The first-order valence-electron chi connectivity index (χ1n) is 12.8. The Bertz CT molecular complexity index is 1110. The number of benzene rings is 1. The fourth-order valence-corrected chi connectivity index (χ4v) is 4.73. The lowest BCUT2D eigenvalue weighted by Crippen LogP contribution is -2.52. The molecule has 2 heterocycles. The number of carboxylic acids is 3. The first kappa shape index (κ1) is 33.3. The van der Waals surface area contributed by atoms with Gasteiger partial charge >= 0.3 is 23.9 Å². The van der Waals surface area contributed by atoms with E-state index >= 15 is 0 Å². The number of hydrazone groups is 1. The standard InChI is InChI=1S/C22H30N4O6S.C4H4O4/c1-3-32-21(30)17(10-9-16-7-5-4-6-8-16)23-15(2)18(27)26-19(20(28)29)33-22(24-26)25-11-13-31-14-12-25;5-3(6)1-2-4(7)8/h4-8,15,17,19,23H,3,9-14H2,1-2H3,(H,28,29);1-2H,(H,5,6)(H,7,8)/t15-,17-,19-;/m0./s1. The molecule has 3 rings (SSSR count). The molecule has 1 aromatic carbocycles. The number of hydrogen-bond acceptors (Lipinski definition) is 11. The first-order valence-corrected chi connectivity index (χ1v) is 13.7. The zero-order valence-corrected chi connectivity index (χ0v) is 23.5. The van der Waals surface area contributed by atoms with Crippen molar-refractivity contribution < 1.29 is 48.8 Å². The molecule has 0 bridgehead atoms. The van der Waals surface area contributed by atoms with Gasteiger partial charge in [-0.3, -0.25) is 14.9 Å². The number of ether oxygens (including phenoxy) is 2. The Labute approximate surface area is 241 Å². The summed E-state index contributed by atoms with van der Waals surface area (Å²) in [5, 5.41) is 32.9. The number of morpholine rings is 1. The Hall–Kier alpha value is -3.95. The van der Waals surface area contributed by atoms with Gasteiger partial charge in [0.25, 0.3) is 5.91 Å². The zero-order valence-electron chi connectivity index (χ0n) is 22.7. The number of aryl methyl sites for hydroxylation is 1. The molecule has 4 N–H and O–H groups in total. The molecule has 1 amide bonds. The van der Waals surface area contributed by atoms with E-state index < -0.39 is 47.2 Å². The van der Waals surface area contributed by atoms with Gasteiger partial charge in [0.2, 0.25) is 5.37 Å². The summed E-state index contributed by atoms with van der Waals surface area (Å²) in [5.74, 6) is -4.64. The van der Waals surface area contributed by atoms with Crippen LogP contribution in [0.2, 0.25) is 0 Å². The van der Waals surface area contributed by atoms with Crippen LogP contribution in [0.25, 0.3) is 0 Å². The smallest absolute Gasteiger partial charge is 0.339 e. The van der Waals surface area contributed by atoms with Gasteiger partial charge in [-0.05, 0) is 44.0 Å². The third-order valence-corrected chi connectivity index (χ3v) is 6.85. The number of esters is 1. The highest BCUT2D eigenvalue weighted by Crippen LogP contribution is 2.29. The normalized spacial score (nSPS) is 18.1. The van der Waals surface area contributed by atoms with E-state index in [4.69, 9.17) is 19.7 Å². The number of nitrogens with one attached hydrogen (secondary N) is 1. The fraction of sp³-hybridized carbons (Fsp3) is 0.462. The number of amides is 1. The second-order valence-electron chi connectivity index (χ2n) is 8.70. The number of carbonyl (C=O) groups is 5. The van der Waals surface area contributed by atoms with Crippen molar-refractivity contribution in [2.45, 2.75) is 44.1 Å². The van der Waals surface area contributed by atoms with E-state index in [1.807, 2.05) is 35.2 Å². The summed E-state index contributed by atoms with van der Waals surface area (Å²) in [4.78, 5) is 58.5. The lowest BCUT2D eigenvalue weighted by Gasteiger charge is -2.27. The molecular formula is C26H34N4O10S. The minimum atomic E-state index is -1.26. The van der Waals surface area contributed by atoms with Crippen LogP contribution in [0.15, 0.2) is 47.6 Å². The molecule has 1 saturated heterocycles. The predicted molar refractivity (Wildman–Crippen MR) is 148 cm³/mol. The SMILES string of the molecule is CCOC(=O)[C@H](CCc1ccccc1)N[C@@H](C)C(=O)N1N=C(N2CCOCC2)S[C@H]1C(=O)O.O=C(O)C=CC(=O)O. The Morgan fingerprint density at radius 3 is 2.24 bits per heavy atom. The number of carbonyl (C=O) groups excluding carboxylic acids is 2. The maximum absolute atomic E-state index is 13.2. The summed E-state index contributed by atoms with van der Waals surface area (Å²) in [5.41, 5.74) is 1.06. The number of rotatable bonds is 11. The molecule has 14 nitrogen and oxygen atoms in total. The van der Waals surface area contributed by atoms with Crippen molar-refractivity contribution in [1.29, 1.82) is 0 Å². The van der Waals surface area contributed by atoms with Crippen LogP contribution < -0.4 is 5.32 Å². The summed E-state index contributed by atoms with van der Waals surface area (Å²) in [6.45, 7) is 5.75. The van der Waals surface area contributed by atoms with Gasteiger partial charge in [-0.15, -0.1) is 5.10 Å². The van der Waals surface area contributed by atoms with Crippen LogP contribution >= 0.6 is 11.8 Å². The molecule has 0 aliphatic carbocycles. The van der Waals surface area contributed by atoms with E-state index in [0.29, 0.717) is 56.5 Å². The van der Waals surface area contributed by atoms with Crippen LogP contribution in [0, 0.1) is 0 Å². The number of amidine groups is 1. The number of thioether (sulfide) groups is 1. The fourth-order valence-electron chi connectivity index (χ4n) is 3.71. The highest BCUT2D eigenvalue weighted by Gasteiger charge is 2.41. The predicted octanol–water partition coefficient (Wildman–Crippen LogP) is 0.830. The maximum Gasteiger partial charge on any atom is 0.339 e. The molecule has 41 heavy (non-hydrogen) atoms. The summed E-state index contributed by atoms with van der Waals surface area (Å²) in [6.07, 6.45) is 2.17. The molecule has 224 valence electrons. The highest BCUT2D eigenvalue weighted by molar-refractivity contribution is 8.15. The molecule has 0 spiro atoms. The van der Waals surface area contributed by atoms with Crippen LogP contribution in [0.3, 0.4) is 0 Å². The Morgan fingerprint density at radius 2 is 1.71 bits per heavy atom. The quantitative estimate of drug-likeness (QED) is 0.208. The molecule has 2 aliphatic rings. The van der Waals surface area contributed by atoms with Crippen molar-refractivity contribution in [2.24, 2.45) is 5.10 Å². The molecule has 3 atom stereocenters. The van der Waals surface area contributed by atoms with Crippen molar-refractivity contribution in [2.75, 3.05) is 32.9 Å². The van der Waals surface area contributed by atoms with Gasteiger partial charge in [-0.2, -0.15) is 0 Å². The van der Waals surface area contributed by atoms with Gasteiger partial charge in [0.05, 0.1) is 25.9 Å². The van der Waals surface area contributed by atoms with E-state index in [2.05, 4.69) is 10.4 Å². The molecule has 0 saturated carbocycles. The summed E-state index contributed by atoms with van der Waals surface area (Å²) >= 11 is 1.03. The minimum Gasteiger partial charge on any atom is -0.479 e. The summed E-state index contributed by atoms with van der Waals surface area (Å²) in [6, 6.07) is 8.15. The molecular weight excluding hydrogens is 560 g/mol. The van der Waals surface area contributed by atoms with E-state index in [-0.39, 0.29) is 6.61 Å². The van der Waals surface area contributed by atoms with Crippen molar-refractivity contribution in [3.05, 3.63) is 48.0 Å². The van der Waals surface area contributed by atoms with Gasteiger partial charge < -0.3 is 29.7 Å². The average molecular weight is 595 g/mol. The zero-order chi connectivity index (χ0) is 30.4. The van der Waals surface area contributed by atoms with Crippen LogP contribution in [-0.2, 0) is 39.9 Å². The lowest BCUT2D eigenvalue weighted by atomic mass is 10.0. The van der Waals surface area contributed by atoms with Crippen LogP contribution in [0.4, 0.5) is 0 Å². The van der Waals surface area contributed by atoms with Gasteiger partial charge in [-0.1, -0.05) is 30.3 Å². The van der Waals surface area contributed by atoms with E-state index in [1.54, 1.807) is 13.8 Å². The largest absolute Gasteiger partial charge is 0.479 e. The molecule has 1 fully saturated rings. The van der Waals surface area contributed by atoms with Crippen LogP contribution in [0.1, 0.15) is 25.8 Å². The number of hydrogen-bond donors (Lipinski definition) is 4. The van der Waals surface area contributed by atoms with Gasteiger partial charge in [0.15, 0.2) is 5.17 Å². The topological polar surface area (TPSA) is 195 Å².